The number of hydrogen-bond acceptors (Lipinski definition) is 5. The molecule has 7 nitrogen and oxygen atoms in total. The van der Waals surface area contributed by atoms with Gasteiger partial charge in [0, 0.05) is 13.1 Å². The van der Waals surface area contributed by atoms with Crippen LogP contribution in [-0.4, -0.2) is 47.7 Å². The summed E-state index contributed by atoms with van der Waals surface area (Å²) < 4.78 is 5.93. The molecule has 2 heterocycles. The van der Waals surface area contributed by atoms with Gasteiger partial charge >= 0.3 is 5.97 Å². The fourth-order valence-electron chi connectivity index (χ4n) is 3.27. The summed E-state index contributed by atoms with van der Waals surface area (Å²) in [5.74, 6) is -0.289. The number of pyridine rings is 1. The summed E-state index contributed by atoms with van der Waals surface area (Å²) in [4.78, 5) is 30.7. The number of aromatic nitrogens is 1. The maximum Gasteiger partial charge on any atom is 0.326 e. The summed E-state index contributed by atoms with van der Waals surface area (Å²) in [5, 5.41) is 11.9. The molecule has 1 aliphatic carbocycles. The number of aliphatic carboxylic acids is 1. The van der Waals surface area contributed by atoms with Crippen LogP contribution in [0.2, 0.25) is 0 Å². The van der Waals surface area contributed by atoms with Gasteiger partial charge in [0.05, 0.1) is 12.3 Å². The Balaban J connectivity index is 1.76. The maximum atomic E-state index is 12.6. The lowest BCUT2D eigenvalue weighted by molar-refractivity contribution is -0.139. The molecule has 0 spiro atoms. The molecule has 27 heavy (non-hydrogen) atoms. The molecule has 1 aliphatic heterocycles. The molecule has 2 fully saturated rings. The number of carboxylic acid groups (broad SMARTS) is 1. The summed E-state index contributed by atoms with van der Waals surface area (Å²) in [5.41, 5.74) is 1.11. The molecule has 3 rings (SSSR count). The maximum absolute atomic E-state index is 12.6. The van der Waals surface area contributed by atoms with Gasteiger partial charge in [0.1, 0.15) is 11.7 Å². The minimum absolute atomic E-state index is 0.161. The van der Waals surface area contributed by atoms with Crippen LogP contribution >= 0.6 is 0 Å². The molecule has 1 saturated heterocycles. The van der Waals surface area contributed by atoms with Crippen molar-refractivity contribution in [3.05, 3.63) is 17.8 Å². The topological polar surface area (TPSA) is 91.8 Å². The summed E-state index contributed by atoms with van der Waals surface area (Å²) in [6.45, 7) is 6.39. The third-order valence-corrected chi connectivity index (χ3v) is 4.98. The van der Waals surface area contributed by atoms with Gasteiger partial charge in [-0.25, -0.2) is 9.78 Å². The molecular formula is C20H29N3O4. The number of rotatable bonds is 9. The van der Waals surface area contributed by atoms with Crippen LogP contribution in [0.5, 0.6) is 5.88 Å². The van der Waals surface area contributed by atoms with Gasteiger partial charge in [0.15, 0.2) is 0 Å². The van der Waals surface area contributed by atoms with Gasteiger partial charge in [-0.1, -0.05) is 13.8 Å². The van der Waals surface area contributed by atoms with E-state index in [1.807, 2.05) is 19.9 Å². The SMILES string of the molecule is CC(C)CC(NC(=O)c1ccc(N2CCCC2)c(OCC2CC2)n1)C(=O)O. The highest BCUT2D eigenvalue weighted by Gasteiger charge is 2.26. The molecule has 1 atom stereocenters. The summed E-state index contributed by atoms with van der Waals surface area (Å²) in [7, 11) is 0. The fraction of sp³-hybridized carbons (Fsp3) is 0.650. The van der Waals surface area contributed by atoms with Crippen LogP contribution in [0.3, 0.4) is 0 Å². The predicted octanol–water partition coefficient (Wildman–Crippen LogP) is 2.70. The Kier molecular flexibility index (Phi) is 6.19. The molecule has 1 aromatic heterocycles. The summed E-state index contributed by atoms with van der Waals surface area (Å²) >= 11 is 0. The minimum Gasteiger partial charge on any atom is -0.480 e. The van der Waals surface area contributed by atoms with Crippen molar-refractivity contribution in [2.75, 3.05) is 24.6 Å². The second-order valence-electron chi connectivity index (χ2n) is 7.96. The number of carbonyl (C=O) groups excluding carboxylic acids is 1. The van der Waals surface area contributed by atoms with Crippen molar-refractivity contribution in [2.24, 2.45) is 11.8 Å². The molecule has 1 saturated carbocycles. The molecule has 0 radical (unpaired) electrons. The Morgan fingerprint density at radius 2 is 2.00 bits per heavy atom. The van der Waals surface area contributed by atoms with Crippen molar-refractivity contribution in [2.45, 2.75) is 52.0 Å². The van der Waals surface area contributed by atoms with Crippen molar-refractivity contribution >= 4 is 17.6 Å². The zero-order chi connectivity index (χ0) is 19.4. The average Bonchev–Trinajstić information content (AvgIpc) is 3.30. The molecule has 0 aromatic carbocycles. The van der Waals surface area contributed by atoms with E-state index in [0.29, 0.717) is 24.8 Å². The van der Waals surface area contributed by atoms with E-state index < -0.39 is 17.9 Å². The van der Waals surface area contributed by atoms with Gasteiger partial charge < -0.3 is 20.1 Å². The summed E-state index contributed by atoms with van der Waals surface area (Å²) in [6.07, 6.45) is 5.00. The van der Waals surface area contributed by atoms with Gasteiger partial charge in [0.2, 0.25) is 5.88 Å². The second kappa shape index (κ2) is 8.59. The number of hydrogen-bond donors (Lipinski definition) is 2. The van der Waals surface area contributed by atoms with E-state index >= 15 is 0 Å². The van der Waals surface area contributed by atoms with Crippen LogP contribution in [0.1, 0.15) is 56.4 Å². The number of anilines is 1. The van der Waals surface area contributed by atoms with E-state index in [1.165, 1.54) is 12.8 Å². The molecule has 1 aromatic rings. The van der Waals surface area contributed by atoms with Crippen molar-refractivity contribution in [1.82, 2.24) is 10.3 Å². The number of carboxylic acids is 1. The lowest BCUT2D eigenvalue weighted by atomic mass is 10.0. The van der Waals surface area contributed by atoms with Crippen LogP contribution in [-0.2, 0) is 4.79 Å². The van der Waals surface area contributed by atoms with Gasteiger partial charge in [-0.15, -0.1) is 0 Å². The van der Waals surface area contributed by atoms with E-state index in [0.717, 1.165) is 31.6 Å². The normalized spacial score (nSPS) is 17.8. The zero-order valence-corrected chi connectivity index (χ0v) is 16.1. The first kappa shape index (κ1) is 19.5. The highest BCUT2D eigenvalue weighted by atomic mass is 16.5. The summed E-state index contributed by atoms with van der Waals surface area (Å²) in [6, 6.07) is 2.60. The van der Waals surface area contributed by atoms with Crippen LogP contribution in [0, 0.1) is 11.8 Å². The largest absolute Gasteiger partial charge is 0.480 e. The monoisotopic (exact) mass is 375 g/mol. The van der Waals surface area contributed by atoms with Crippen molar-refractivity contribution < 1.29 is 19.4 Å². The Morgan fingerprint density at radius 1 is 1.30 bits per heavy atom. The molecular weight excluding hydrogens is 346 g/mol. The third kappa shape index (κ3) is 5.34. The second-order valence-corrected chi connectivity index (χ2v) is 7.96. The van der Waals surface area contributed by atoms with Crippen molar-refractivity contribution in [3.63, 3.8) is 0 Å². The minimum atomic E-state index is -1.03. The fourth-order valence-corrected chi connectivity index (χ4v) is 3.27. The van der Waals surface area contributed by atoms with Crippen LogP contribution in [0.4, 0.5) is 5.69 Å². The van der Waals surface area contributed by atoms with Crippen molar-refractivity contribution in [3.8, 4) is 5.88 Å². The molecule has 7 heteroatoms. The van der Waals surface area contributed by atoms with Gasteiger partial charge in [-0.05, 0) is 56.1 Å². The molecule has 0 bridgehead atoms. The highest BCUT2D eigenvalue weighted by molar-refractivity contribution is 5.95. The lowest BCUT2D eigenvalue weighted by Gasteiger charge is -2.21. The number of ether oxygens (including phenoxy) is 1. The van der Waals surface area contributed by atoms with Gasteiger partial charge in [-0.3, -0.25) is 4.79 Å². The quantitative estimate of drug-likeness (QED) is 0.689. The smallest absolute Gasteiger partial charge is 0.326 e. The highest BCUT2D eigenvalue weighted by Crippen LogP contribution is 2.33. The van der Waals surface area contributed by atoms with E-state index in [2.05, 4.69) is 15.2 Å². The Labute approximate surface area is 160 Å². The number of amides is 1. The van der Waals surface area contributed by atoms with E-state index in [1.54, 1.807) is 6.07 Å². The number of carbonyl (C=O) groups is 2. The zero-order valence-electron chi connectivity index (χ0n) is 16.1. The van der Waals surface area contributed by atoms with E-state index in [9.17, 15) is 14.7 Å². The predicted molar refractivity (Wildman–Crippen MR) is 102 cm³/mol. The Morgan fingerprint density at radius 3 is 2.59 bits per heavy atom. The van der Waals surface area contributed by atoms with Gasteiger partial charge in [0.25, 0.3) is 5.91 Å². The molecule has 148 valence electrons. The third-order valence-electron chi connectivity index (χ3n) is 4.98. The molecule has 2 aliphatic rings. The van der Waals surface area contributed by atoms with E-state index in [4.69, 9.17) is 4.74 Å². The van der Waals surface area contributed by atoms with E-state index in [-0.39, 0.29) is 11.6 Å². The number of nitrogens with one attached hydrogen (secondary N) is 1. The van der Waals surface area contributed by atoms with Crippen LogP contribution in [0.25, 0.3) is 0 Å². The Hall–Kier alpha value is -2.31. The Bertz CT molecular complexity index is 682. The average molecular weight is 375 g/mol. The van der Waals surface area contributed by atoms with Crippen molar-refractivity contribution in [1.29, 1.82) is 0 Å². The van der Waals surface area contributed by atoms with Crippen LogP contribution < -0.4 is 15.0 Å². The molecule has 1 unspecified atom stereocenters. The van der Waals surface area contributed by atoms with Crippen LogP contribution in [0.15, 0.2) is 12.1 Å². The standard InChI is InChI=1S/C20H29N3O4/c1-13(2)11-16(20(25)26)21-18(24)15-7-8-17(23-9-3-4-10-23)19(22-15)27-12-14-5-6-14/h7-8,13-14,16H,3-6,9-12H2,1-2H3,(H,21,24)(H,25,26). The molecule has 2 N–H and O–H groups in total. The number of nitrogens with zero attached hydrogens (tertiary/aromatic N) is 2. The first-order valence-electron chi connectivity index (χ1n) is 9.86. The first-order chi connectivity index (χ1) is 12.9. The first-order valence-corrected chi connectivity index (χ1v) is 9.86. The lowest BCUT2D eigenvalue weighted by Crippen LogP contribution is -2.42. The van der Waals surface area contributed by atoms with Gasteiger partial charge in [-0.2, -0.15) is 0 Å². The molecule has 1 amide bonds.